The fourth-order valence-corrected chi connectivity index (χ4v) is 2.38. The highest BCUT2D eigenvalue weighted by Gasteiger charge is 2.16. The van der Waals surface area contributed by atoms with E-state index in [1.165, 1.54) is 0 Å². The van der Waals surface area contributed by atoms with Gasteiger partial charge in [-0.15, -0.1) is 0 Å². The third-order valence-electron chi connectivity index (χ3n) is 2.68. The van der Waals surface area contributed by atoms with Crippen molar-refractivity contribution >= 4 is 34.8 Å². The predicted molar refractivity (Wildman–Crippen MR) is 78.0 cm³/mol. The number of nitrogens with one attached hydrogen (secondary N) is 1. The predicted octanol–water partition coefficient (Wildman–Crippen LogP) is 4.20. The second-order valence-electron chi connectivity index (χ2n) is 3.98. The van der Waals surface area contributed by atoms with E-state index in [1.54, 1.807) is 36.7 Å². The summed E-state index contributed by atoms with van der Waals surface area (Å²) >= 11 is 12.2. The first kappa shape index (κ1) is 13.8. The summed E-state index contributed by atoms with van der Waals surface area (Å²) in [6.45, 7) is 2.00. The molecule has 0 unspecified atom stereocenters. The summed E-state index contributed by atoms with van der Waals surface area (Å²) in [7, 11) is 0. The molecule has 0 radical (unpaired) electrons. The molecular formula is C14H12Cl2N2O. The maximum absolute atomic E-state index is 12.2. The van der Waals surface area contributed by atoms with Crippen LogP contribution in [-0.4, -0.2) is 10.9 Å². The van der Waals surface area contributed by atoms with Gasteiger partial charge in [-0.05, 0) is 36.2 Å². The van der Waals surface area contributed by atoms with Gasteiger partial charge >= 0.3 is 0 Å². The zero-order valence-corrected chi connectivity index (χ0v) is 11.8. The lowest BCUT2D eigenvalue weighted by atomic mass is 10.1. The second-order valence-corrected chi connectivity index (χ2v) is 4.79. The Morgan fingerprint density at radius 3 is 2.32 bits per heavy atom. The fraction of sp³-hybridized carbons (Fsp3) is 0.143. The van der Waals surface area contributed by atoms with Gasteiger partial charge in [-0.1, -0.05) is 30.1 Å². The molecule has 98 valence electrons. The van der Waals surface area contributed by atoms with Crippen LogP contribution in [0.1, 0.15) is 22.8 Å². The molecule has 1 aromatic carbocycles. The number of benzene rings is 1. The van der Waals surface area contributed by atoms with Crippen molar-refractivity contribution in [2.45, 2.75) is 13.3 Å². The molecule has 5 heteroatoms. The van der Waals surface area contributed by atoms with E-state index in [-0.39, 0.29) is 11.5 Å². The molecule has 2 rings (SSSR count). The normalized spacial score (nSPS) is 10.3. The quantitative estimate of drug-likeness (QED) is 0.922. The zero-order chi connectivity index (χ0) is 13.8. The van der Waals surface area contributed by atoms with Gasteiger partial charge in [0, 0.05) is 18.1 Å². The van der Waals surface area contributed by atoms with Crippen LogP contribution >= 0.6 is 23.2 Å². The first-order valence-electron chi connectivity index (χ1n) is 5.81. The molecule has 1 amide bonds. The van der Waals surface area contributed by atoms with Crippen molar-refractivity contribution in [2.75, 3.05) is 5.32 Å². The van der Waals surface area contributed by atoms with Gasteiger partial charge in [-0.3, -0.25) is 9.78 Å². The van der Waals surface area contributed by atoms with Crippen LogP contribution in [0.3, 0.4) is 0 Å². The highest BCUT2D eigenvalue weighted by Crippen LogP contribution is 2.27. The topological polar surface area (TPSA) is 42.0 Å². The van der Waals surface area contributed by atoms with Crippen LogP contribution in [0.5, 0.6) is 0 Å². The van der Waals surface area contributed by atoms with E-state index >= 15 is 0 Å². The molecule has 1 N–H and O–H groups in total. The van der Waals surface area contributed by atoms with Crippen molar-refractivity contribution in [1.82, 2.24) is 4.98 Å². The number of anilines is 1. The summed E-state index contributed by atoms with van der Waals surface area (Å²) in [4.78, 5) is 16.0. The Morgan fingerprint density at radius 1 is 1.21 bits per heavy atom. The molecule has 0 aliphatic rings. The van der Waals surface area contributed by atoms with Crippen LogP contribution in [0.25, 0.3) is 0 Å². The molecule has 0 spiro atoms. The molecule has 0 saturated heterocycles. The summed E-state index contributed by atoms with van der Waals surface area (Å²) in [5, 5.41) is 3.44. The summed E-state index contributed by atoms with van der Waals surface area (Å²) < 4.78 is 0. The Hall–Kier alpha value is -1.58. The Bertz CT molecular complexity index is 577. The van der Waals surface area contributed by atoms with Crippen LogP contribution in [0, 0.1) is 0 Å². The van der Waals surface area contributed by atoms with E-state index in [4.69, 9.17) is 23.2 Å². The lowest BCUT2D eigenvalue weighted by Gasteiger charge is -2.10. The first-order chi connectivity index (χ1) is 9.11. The van der Waals surface area contributed by atoms with Crippen LogP contribution in [0.2, 0.25) is 10.0 Å². The number of carbonyl (C=O) groups excluding carboxylic acids is 1. The van der Waals surface area contributed by atoms with Crippen LogP contribution in [0.15, 0.2) is 36.7 Å². The highest BCUT2D eigenvalue weighted by atomic mass is 35.5. The molecule has 1 heterocycles. The third kappa shape index (κ3) is 3.25. The van der Waals surface area contributed by atoms with E-state index < -0.39 is 0 Å². The van der Waals surface area contributed by atoms with E-state index in [9.17, 15) is 4.79 Å². The maximum Gasteiger partial charge on any atom is 0.258 e. The second kappa shape index (κ2) is 6.04. The standard InChI is InChI=1S/C14H12Cl2N2O/c1-2-9-7-11(15)13(12(16)8-9)14(19)18-10-3-5-17-6-4-10/h3-8H,2H2,1H3,(H,17,18,19). The minimum Gasteiger partial charge on any atom is -0.322 e. The first-order valence-corrected chi connectivity index (χ1v) is 6.56. The molecule has 0 atom stereocenters. The molecule has 0 aliphatic heterocycles. The van der Waals surface area contributed by atoms with Crippen LogP contribution < -0.4 is 5.32 Å². The van der Waals surface area contributed by atoms with Crippen molar-refractivity contribution in [1.29, 1.82) is 0 Å². The largest absolute Gasteiger partial charge is 0.322 e. The van der Waals surface area contributed by atoms with E-state index in [2.05, 4.69) is 10.3 Å². The van der Waals surface area contributed by atoms with E-state index in [0.717, 1.165) is 12.0 Å². The van der Waals surface area contributed by atoms with Gasteiger partial charge in [0.2, 0.25) is 0 Å². The molecule has 1 aromatic heterocycles. The molecule has 0 aliphatic carbocycles. The van der Waals surface area contributed by atoms with Gasteiger partial charge in [0.15, 0.2) is 0 Å². The molecule has 19 heavy (non-hydrogen) atoms. The lowest BCUT2D eigenvalue weighted by molar-refractivity contribution is 0.102. The number of amides is 1. The van der Waals surface area contributed by atoms with Crippen LogP contribution in [-0.2, 0) is 6.42 Å². The number of aryl methyl sites for hydroxylation is 1. The molecular weight excluding hydrogens is 283 g/mol. The van der Waals surface area contributed by atoms with E-state index in [0.29, 0.717) is 15.7 Å². The average Bonchev–Trinajstić information content (AvgIpc) is 2.38. The van der Waals surface area contributed by atoms with Gasteiger partial charge in [-0.25, -0.2) is 0 Å². The number of halogens is 2. The smallest absolute Gasteiger partial charge is 0.258 e. The Kier molecular flexibility index (Phi) is 4.40. The third-order valence-corrected chi connectivity index (χ3v) is 3.27. The molecule has 2 aromatic rings. The minimum atomic E-state index is -0.330. The van der Waals surface area contributed by atoms with Gasteiger partial charge in [-0.2, -0.15) is 0 Å². The van der Waals surface area contributed by atoms with Crippen molar-refractivity contribution in [3.05, 3.63) is 57.8 Å². The molecule has 0 saturated carbocycles. The van der Waals surface area contributed by atoms with Crippen molar-refractivity contribution in [3.63, 3.8) is 0 Å². The van der Waals surface area contributed by atoms with Gasteiger partial charge < -0.3 is 5.32 Å². The average molecular weight is 295 g/mol. The summed E-state index contributed by atoms with van der Waals surface area (Å²) in [5.74, 6) is -0.330. The van der Waals surface area contributed by atoms with Gasteiger partial charge in [0.05, 0.1) is 15.6 Å². The van der Waals surface area contributed by atoms with Crippen molar-refractivity contribution < 1.29 is 4.79 Å². The molecule has 0 bridgehead atoms. The summed E-state index contributed by atoms with van der Waals surface area (Å²) in [5.41, 5.74) is 1.93. The number of nitrogens with zero attached hydrogens (tertiary/aromatic N) is 1. The Labute approximate surface area is 121 Å². The number of aromatic nitrogens is 1. The number of carbonyl (C=O) groups is 1. The van der Waals surface area contributed by atoms with Gasteiger partial charge in [0.1, 0.15) is 0 Å². The monoisotopic (exact) mass is 294 g/mol. The highest BCUT2D eigenvalue weighted by molar-refractivity contribution is 6.40. The minimum absolute atomic E-state index is 0.289. The molecule has 0 fully saturated rings. The Morgan fingerprint density at radius 2 is 1.79 bits per heavy atom. The van der Waals surface area contributed by atoms with Crippen molar-refractivity contribution in [3.8, 4) is 0 Å². The number of pyridine rings is 1. The van der Waals surface area contributed by atoms with Gasteiger partial charge in [0.25, 0.3) is 5.91 Å². The lowest BCUT2D eigenvalue weighted by Crippen LogP contribution is -2.13. The fourth-order valence-electron chi connectivity index (χ4n) is 1.68. The number of hydrogen-bond donors (Lipinski definition) is 1. The van der Waals surface area contributed by atoms with E-state index in [1.807, 2.05) is 6.92 Å². The van der Waals surface area contributed by atoms with Crippen LogP contribution in [0.4, 0.5) is 5.69 Å². The number of rotatable bonds is 3. The maximum atomic E-state index is 12.2. The Balaban J connectivity index is 2.29. The SMILES string of the molecule is CCc1cc(Cl)c(C(=O)Nc2ccncc2)c(Cl)c1. The summed E-state index contributed by atoms with van der Waals surface area (Å²) in [6, 6.07) is 6.91. The molecule has 3 nitrogen and oxygen atoms in total. The number of hydrogen-bond acceptors (Lipinski definition) is 2. The summed E-state index contributed by atoms with van der Waals surface area (Å²) in [6.07, 6.45) is 4.00. The van der Waals surface area contributed by atoms with Crippen molar-refractivity contribution in [2.24, 2.45) is 0 Å². The zero-order valence-electron chi connectivity index (χ0n) is 10.3.